The molecule has 0 aromatic heterocycles. The topological polar surface area (TPSA) is 168 Å². The molecule has 6 N–H and O–H groups in total. The van der Waals surface area contributed by atoms with Crippen molar-refractivity contribution in [1.82, 2.24) is 16.0 Å². The fourth-order valence-corrected chi connectivity index (χ4v) is 6.84. The van der Waals surface area contributed by atoms with Gasteiger partial charge in [0.05, 0.1) is 11.8 Å². The molecule has 3 amide bonds. The summed E-state index contributed by atoms with van der Waals surface area (Å²) in [7, 11) is -3.39. The van der Waals surface area contributed by atoms with E-state index in [9.17, 15) is 27.9 Å². The highest BCUT2D eigenvalue weighted by atomic mass is 32.2. The number of aromatic hydroxyl groups is 1. The number of phenolic OH excluding ortho intramolecular Hbond substituents is 1. The minimum Gasteiger partial charge on any atom is -0.508 e. The lowest BCUT2D eigenvalue weighted by molar-refractivity contribution is -0.127. The van der Waals surface area contributed by atoms with Gasteiger partial charge < -0.3 is 26.8 Å². The molecule has 0 radical (unpaired) electrons. The fraction of sp³-hybridized carbons (Fsp3) is 0.528. The third kappa shape index (κ3) is 15.6. The van der Waals surface area contributed by atoms with Gasteiger partial charge in [-0.25, -0.2) is 8.42 Å². The highest BCUT2D eigenvalue weighted by molar-refractivity contribution is 7.94. The van der Waals surface area contributed by atoms with Gasteiger partial charge in [-0.05, 0) is 68.3 Å². The van der Waals surface area contributed by atoms with E-state index in [4.69, 9.17) is 5.73 Å². The van der Waals surface area contributed by atoms with Crippen LogP contribution in [0.2, 0.25) is 0 Å². The van der Waals surface area contributed by atoms with Gasteiger partial charge in [-0.3, -0.25) is 14.4 Å². The van der Waals surface area contributed by atoms with Gasteiger partial charge in [0.1, 0.15) is 11.8 Å². The average molecular weight is 669 g/mol. The Bertz CT molecular complexity index is 1380. The number of benzene rings is 2. The molecule has 0 saturated carbocycles. The molecule has 0 spiro atoms. The lowest BCUT2D eigenvalue weighted by Gasteiger charge is -2.18. The van der Waals surface area contributed by atoms with E-state index >= 15 is 0 Å². The molecular weight excluding hydrogens is 616 g/mol. The number of hydrogen-bond donors (Lipinski definition) is 5. The van der Waals surface area contributed by atoms with Crippen molar-refractivity contribution in [2.75, 3.05) is 12.3 Å². The third-order valence-electron chi connectivity index (χ3n) is 8.45. The monoisotopic (exact) mass is 668 g/mol. The van der Waals surface area contributed by atoms with Crippen LogP contribution >= 0.6 is 0 Å². The maximum atomic E-state index is 12.7. The molecule has 3 atom stereocenters. The minimum absolute atomic E-state index is 0.0791. The summed E-state index contributed by atoms with van der Waals surface area (Å²) < 4.78 is 25.5. The summed E-state index contributed by atoms with van der Waals surface area (Å²) in [6.07, 6.45) is 12.3. The second kappa shape index (κ2) is 20.5. The first-order valence-corrected chi connectivity index (χ1v) is 18.7. The maximum absolute atomic E-state index is 12.7. The maximum Gasteiger partial charge on any atom is 0.240 e. The van der Waals surface area contributed by atoms with Crippen molar-refractivity contribution < 1.29 is 27.9 Å². The van der Waals surface area contributed by atoms with Gasteiger partial charge in [0.25, 0.3) is 0 Å². The van der Waals surface area contributed by atoms with Crippen molar-refractivity contribution in [3.63, 3.8) is 0 Å². The highest BCUT2D eigenvalue weighted by Gasteiger charge is 2.24. The van der Waals surface area contributed by atoms with Crippen LogP contribution in [0, 0.1) is 0 Å². The number of aryl methyl sites for hydroxylation is 1. The molecular formula is C36H52N4O6S. The first-order chi connectivity index (χ1) is 22.6. The minimum atomic E-state index is -3.39. The van der Waals surface area contributed by atoms with Gasteiger partial charge in [0.15, 0.2) is 9.84 Å². The van der Waals surface area contributed by atoms with Gasteiger partial charge in [-0.2, -0.15) is 0 Å². The Labute approximate surface area is 279 Å². The Balaban J connectivity index is 1.28. The molecule has 1 heterocycles. The van der Waals surface area contributed by atoms with E-state index in [1.165, 1.54) is 17.5 Å². The number of nitrogens with two attached hydrogens (primary N) is 1. The van der Waals surface area contributed by atoms with Gasteiger partial charge >= 0.3 is 0 Å². The molecule has 2 aromatic rings. The summed E-state index contributed by atoms with van der Waals surface area (Å²) in [5.74, 6) is -0.673. The largest absolute Gasteiger partial charge is 0.508 e. The number of amides is 3. The zero-order chi connectivity index (χ0) is 33.9. The van der Waals surface area contributed by atoms with Crippen molar-refractivity contribution >= 4 is 27.6 Å². The van der Waals surface area contributed by atoms with E-state index in [1.807, 2.05) is 30.3 Å². The van der Waals surface area contributed by atoms with Crippen molar-refractivity contribution in [3.8, 4) is 5.75 Å². The van der Waals surface area contributed by atoms with Crippen molar-refractivity contribution in [1.29, 1.82) is 0 Å². The van der Waals surface area contributed by atoms with E-state index in [0.717, 1.165) is 75.5 Å². The second-order valence-electron chi connectivity index (χ2n) is 12.5. The van der Waals surface area contributed by atoms with Gasteiger partial charge in [0.2, 0.25) is 17.7 Å². The number of unbranched alkanes of at least 4 members (excludes halogenated alkanes) is 7. The number of hydrogen-bond acceptors (Lipinski definition) is 7. The molecule has 47 heavy (non-hydrogen) atoms. The SMILES string of the molecule is NC(=O)[C@H](Cc1ccc(O)cc1)NC(=O)CCCCCCCCCCS(=O)(=O)/C=C/[C@H](CCc1ccccc1)NC(=O)C1CCCN1. The molecule has 3 rings (SSSR count). The lowest BCUT2D eigenvalue weighted by Crippen LogP contribution is -2.45. The van der Waals surface area contributed by atoms with Gasteiger partial charge in [-0.1, -0.05) is 87.1 Å². The standard InChI is InChI=1S/C36H52N4O6S/c37-35(43)33(27-29-18-21-31(41)22-19-29)40-34(42)16-10-5-3-1-2-4-6-11-25-47(45,46)26-23-30(20-17-28-13-8-7-9-14-28)39-36(44)32-15-12-24-38-32/h7-9,13-14,18-19,21-23,26,30,32-33,38,41H,1-6,10-12,15-17,20,24-25,27H2,(H2,37,43)(H,39,44)(H,40,42)/b26-23+/t30-,32?,33-/m0/s1. The van der Waals surface area contributed by atoms with Crippen molar-refractivity contribution in [2.24, 2.45) is 5.73 Å². The Morgan fingerprint density at radius 3 is 2.19 bits per heavy atom. The Kier molecular flexibility index (Phi) is 16.5. The molecule has 2 aromatic carbocycles. The molecule has 1 saturated heterocycles. The van der Waals surface area contributed by atoms with Crippen LogP contribution < -0.4 is 21.7 Å². The van der Waals surface area contributed by atoms with E-state index in [2.05, 4.69) is 16.0 Å². The number of nitrogens with one attached hydrogen (secondary N) is 3. The summed E-state index contributed by atoms with van der Waals surface area (Å²) in [4.78, 5) is 36.8. The lowest BCUT2D eigenvalue weighted by atomic mass is 10.0. The predicted octanol–water partition coefficient (Wildman–Crippen LogP) is 4.21. The summed E-state index contributed by atoms with van der Waals surface area (Å²) in [6, 6.07) is 15.0. The van der Waals surface area contributed by atoms with Gasteiger partial charge in [-0.15, -0.1) is 0 Å². The number of primary amides is 1. The second-order valence-corrected chi connectivity index (χ2v) is 14.5. The van der Waals surface area contributed by atoms with Gasteiger partial charge in [0, 0.05) is 24.3 Å². The molecule has 1 fully saturated rings. The summed E-state index contributed by atoms with van der Waals surface area (Å²) in [6.45, 7) is 0.820. The van der Waals surface area contributed by atoms with Crippen LogP contribution in [0.15, 0.2) is 66.1 Å². The van der Waals surface area contributed by atoms with E-state index in [0.29, 0.717) is 25.7 Å². The molecule has 1 aliphatic heterocycles. The summed E-state index contributed by atoms with van der Waals surface area (Å²) in [5.41, 5.74) is 7.40. The quantitative estimate of drug-likeness (QED) is 0.117. The van der Waals surface area contributed by atoms with Crippen LogP contribution in [0.3, 0.4) is 0 Å². The van der Waals surface area contributed by atoms with Crippen LogP contribution in [0.4, 0.5) is 0 Å². The zero-order valence-electron chi connectivity index (χ0n) is 27.4. The highest BCUT2D eigenvalue weighted by Crippen LogP contribution is 2.14. The number of rotatable bonds is 22. The first kappa shape index (κ1) is 37.8. The number of phenols is 1. The first-order valence-electron chi connectivity index (χ1n) is 17.0. The molecule has 10 nitrogen and oxygen atoms in total. The van der Waals surface area contributed by atoms with E-state index in [-0.39, 0.29) is 41.8 Å². The molecule has 0 aliphatic carbocycles. The third-order valence-corrected chi connectivity index (χ3v) is 9.88. The molecule has 11 heteroatoms. The number of carbonyl (C=O) groups excluding carboxylic acids is 3. The smallest absolute Gasteiger partial charge is 0.240 e. The Hall–Kier alpha value is -3.70. The van der Waals surface area contributed by atoms with Crippen LogP contribution in [0.1, 0.15) is 88.2 Å². The average Bonchev–Trinajstić information content (AvgIpc) is 3.60. The Morgan fingerprint density at radius 2 is 1.55 bits per heavy atom. The molecule has 1 unspecified atom stereocenters. The van der Waals surface area contributed by atoms with Crippen LogP contribution in [0.25, 0.3) is 0 Å². The molecule has 258 valence electrons. The summed E-state index contributed by atoms with van der Waals surface area (Å²) in [5, 5.41) is 19.6. The normalized spacial score (nSPS) is 16.1. The van der Waals surface area contributed by atoms with E-state index < -0.39 is 21.8 Å². The zero-order valence-corrected chi connectivity index (χ0v) is 28.2. The summed E-state index contributed by atoms with van der Waals surface area (Å²) >= 11 is 0. The number of sulfone groups is 1. The number of carbonyl (C=O) groups is 3. The Morgan fingerprint density at radius 1 is 0.894 bits per heavy atom. The van der Waals surface area contributed by atoms with Crippen LogP contribution in [-0.2, 0) is 37.1 Å². The van der Waals surface area contributed by atoms with E-state index in [1.54, 1.807) is 18.2 Å². The molecule has 0 bridgehead atoms. The fourth-order valence-electron chi connectivity index (χ4n) is 5.66. The van der Waals surface area contributed by atoms with Crippen LogP contribution in [-0.4, -0.2) is 61.7 Å². The molecule has 1 aliphatic rings. The van der Waals surface area contributed by atoms with Crippen molar-refractivity contribution in [3.05, 3.63) is 77.2 Å². The van der Waals surface area contributed by atoms with Crippen molar-refractivity contribution in [2.45, 2.75) is 108 Å². The van der Waals surface area contributed by atoms with Crippen LogP contribution in [0.5, 0.6) is 5.75 Å². The predicted molar refractivity (Wildman–Crippen MR) is 185 cm³/mol.